The molecule has 0 spiro atoms. The molecule has 1 aromatic rings. The van der Waals surface area contributed by atoms with E-state index in [0.29, 0.717) is 6.23 Å². The molecule has 1 rings (SSSR count). The zero-order chi connectivity index (χ0) is 14.1. The standard InChI is InChI=1S/C14H24ClNOSi/c1-10-6-12(15)11(7-13(10)16)8-14(2,3)18(4,5)9-17/h6-7,17H,8-9,16H2,1-5H3. The molecular formula is C14H24ClNOSi. The Labute approximate surface area is 116 Å². The third-order valence-corrected chi connectivity index (χ3v) is 9.28. The van der Waals surface area contributed by atoms with Crippen molar-refractivity contribution in [3.8, 4) is 0 Å². The van der Waals surface area contributed by atoms with Gasteiger partial charge in [-0.05, 0) is 41.6 Å². The Hall–Kier alpha value is -0.513. The molecule has 0 heterocycles. The van der Waals surface area contributed by atoms with Gasteiger partial charge in [0.15, 0.2) is 0 Å². The van der Waals surface area contributed by atoms with E-state index in [1.807, 2.05) is 19.1 Å². The highest BCUT2D eigenvalue weighted by Crippen LogP contribution is 2.41. The van der Waals surface area contributed by atoms with Crippen molar-refractivity contribution in [2.75, 3.05) is 12.0 Å². The number of halogens is 1. The number of hydrogen-bond acceptors (Lipinski definition) is 2. The number of nitrogens with two attached hydrogens (primary N) is 1. The summed E-state index contributed by atoms with van der Waals surface area (Å²) >= 11 is 6.30. The lowest BCUT2D eigenvalue weighted by atomic mass is 10.00. The van der Waals surface area contributed by atoms with Crippen LogP contribution >= 0.6 is 11.6 Å². The van der Waals surface area contributed by atoms with E-state index in [9.17, 15) is 5.11 Å². The molecule has 2 nitrogen and oxygen atoms in total. The highest BCUT2D eigenvalue weighted by atomic mass is 35.5. The van der Waals surface area contributed by atoms with Crippen molar-refractivity contribution in [3.05, 3.63) is 28.3 Å². The van der Waals surface area contributed by atoms with E-state index in [1.54, 1.807) is 0 Å². The third-order valence-electron chi connectivity index (χ3n) is 4.29. The highest BCUT2D eigenvalue weighted by molar-refractivity contribution is 6.80. The number of anilines is 1. The third kappa shape index (κ3) is 3.08. The first kappa shape index (κ1) is 15.5. The molecule has 0 atom stereocenters. The molecule has 0 radical (unpaired) electrons. The molecule has 0 aromatic heterocycles. The number of aliphatic hydroxyl groups is 1. The van der Waals surface area contributed by atoms with Crippen molar-refractivity contribution in [2.24, 2.45) is 0 Å². The molecule has 0 amide bonds. The smallest absolute Gasteiger partial charge is 0.0831 e. The van der Waals surface area contributed by atoms with Crippen LogP contribution in [0.3, 0.4) is 0 Å². The van der Waals surface area contributed by atoms with E-state index in [0.717, 1.165) is 28.3 Å². The summed E-state index contributed by atoms with van der Waals surface area (Å²) in [6.07, 6.45) is 1.15. The molecule has 0 saturated heterocycles. The molecule has 0 saturated carbocycles. The first-order chi connectivity index (χ1) is 8.10. The van der Waals surface area contributed by atoms with Crippen molar-refractivity contribution < 1.29 is 5.11 Å². The Bertz CT molecular complexity index is 444. The van der Waals surface area contributed by atoms with Gasteiger partial charge in [-0.25, -0.2) is 0 Å². The van der Waals surface area contributed by atoms with Crippen molar-refractivity contribution in [1.29, 1.82) is 0 Å². The zero-order valence-corrected chi connectivity index (χ0v) is 13.7. The molecule has 1 aromatic carbocycles. The van der Waals surface area contributed by atoms with Gasteiger partial charge < -0.3 is 10.8 Å². The van der Waals surface area contributed by atoms with E-state index < -0.39 is 8.07 Å². The normalized spacial score (nSPS) is 12.8. The number of nitrogen functional groups attached to an aromatic ring is 1. The van der Waals surface area contributed by atoms with Crippen LogP contribution < -0.4 is 5.73 Å². The fraction of sp³-hybridized carbons (Fsp3) is 0.571. The Balaban J connectivity index is 3.08. The van der Waals surface area contributed by atoms with Gasteiger partial charge in [0.05, 0.1) is 8.07 Å². The second-order valence-electron chi connectivity index (χ2n) is 6.40. The first-order valence-electron chi connectivity index (χ1n) is 6.26. The van der Waals surface area contributed by atoms with Gasteiger partial charge in [-0.1, -0.05) is 38.5 Å². The summed E-state index contributed by atoms with van der Waals surface area (Å²) < 4.78 is 0. The zero-order valence-electron chi connectivity index (χ0n) is 12.0. The largest absolute Gasteiger partial charge is 0.400 e. The number of rotatable bonds is 4. The maximum Gasteiger partial charge on any atom is 0.0831 e. The van der Waals surface area contributed by atoms with Crippen LogP contribution in [0.15, 0.2) is 12.1 Å². The summed E-state index contributed by atoms with van der Waals surface area (Å²) in [6, 6.07) is 3.90. The predicted molar refractivity (Wildman–Crippen MR) is 82.9 cm³/mol. The van der Waals surface area contributed by atoms with Crippen LogP contribution in [0.25, 0.3) is 0 Å². The topological polar surface area (TPSA) is 46.2 Å². The maximum atomic E-state index is 9.58. The van der Waals surface area contributed by atoms with E-state index in [1.165, 1.54) is 0 Å². The minimum atomic E-state index is -1.69. The van der Waals surface area contributed by atoms with Crippen LogP contribution in [0.1, 0.15) is 25.0 Å². The van der Waals surface area contributed by atoms with Crippen LogP contribution in [0.4, 0.5) is 5.69 Å². The SMILES string of the molecule is Cc1cc(Cl)c(CC(C)(C)[Si](C)(C)CO)cc1N. The molecular weight excluding hydrogens is 262 g/mol. The Morgan fingerprint density at radius 3 is 2.39 bits per heavy atom. The van der Waals surface area contributed by atoms with Gasteiger partial charge in [0, 0.05) is 16.9 Å². The second kappa shape index (κ2) is 5.23. The molecule has 0 aliphatic heterocycles. The van der Waals surface area contributed by atoms with E-state index in [2.05, 4.69) is 26.9 Å². The van der Waals surface area contributed by atoms with Gasteiger partial charge in [0.2, 0.25) is 0 Å². The van der Waals surface area contributed by atoms with Crippen LogP contribution in [0, 0.1) is 6.92 Å². The summed E-state index contributed by atoms with van der Waals surface area (Å²) in [5.74, 6) is 0. The van der Waals surface area contributed by atoms with Crippen molar-refractivity contribution >= 4 is 25.4 Å². The van der Waals surface area contributed by atoms with E-state index >= 15 is 0 Å². The van der Waals surface area contributed by atoms with Gasteiger partial charge in [-0.2, -0.15) is 0 Å². The fourth-order valence-electron chi connectivity index (χ4n) is 1.80. The lowest BCUT2D eigenvalue weighted by molar-refractivity contribution is 0.349. The molecule has 18 heavy (non-hydrogen) atoms. The summed E-state index contributed by atoms with van der Waals surface area (Å²) in [4.78, 5) is 0. The molecule has 102 valence electrons. The number of hydrogen-bond donors (Lipinski definition) is 2. The predicted octanol–water partition coefficient (Wildman–Crippen LogP) is 3.79. The molecule has 3 N–H and O–H groups in total. The van der Waals surface area contributed by atoms with Crippen LogP contribution in [0.5, 0.6) is 0 Å². The second-order valence-corrected chi connectivity index (χ2v) is 12.2. The molecule has 0 unspecified atom stereocenters. The quantitative estimate of drug-likeness (QED) is 0.653. The highest BCUT2D eigenvalue weighted by Gasteiger charge is 2.38. The van der Waals surface area contributed by atoms with Gasteiger partial charge in [-0.15, -0.1) is 0 Å². The van der Waals surface area contributed by atoms with E-state index in [4.69, 9.17) is 17.3 Å². The van der Waals surface area contributed by atoms with Gasteiger partial charge >= 0.3 is 0 Å². The van der Waals surface area contributed by atoms with Crippen molar-refractivity contribution in [3.63, 3.8) is 0 Å². The molecule has 0 aliphatic carbocycles. The van der Waals surface area contributed by atoms with Crippen molar-refractivity contribution in [1.82, 2.24) is 0 Å². The maximum absolute atomic E-state index is 9.58. The van der Waals surface area contributed by atoms with E-state index in [-0.39, 0.29) is 5.04 Å². The Morgan fingerprint density at radius 1 is 1.33 bits per heavy atom. The molecule has 4 heteroatoms. The fourth-order valence-corrected chi connectivity index (χ4v) is 3.18. The lowest BCUT2D eigenvalue weighted by Crippen LogP contribution is -2.44. The average Bonchev–Trinajstić information content (AvgIpc) is 2.25. The van der Waals surface area contributed by atoms with Crippen LogP contribution in [0.2, 0.25) is 23.2 Å². The average molecular weight is 286 g/mol. The Morgan fingerprint density at radius 2 is 1.89 bits per heavy atom. The summed E-state index contributed by atoms with van der Waals surface area (Å²) in [5, 5.41) is 10.4. The molecule has 0 fully saturated rings. The lowest BCUT2D eigenvalue weighted by Gasteiger charge is -2.39. The van der Waals surface area contributed by atoms with Gasteiger partial charge in [-0.3, -0.25) is 0 Å². The first-order valence-corrected chi connectivity index (χ1v) is 9.84. The van der Waals surface area contributed by atoms with Crippen LogP contribution in [-0.4, -0.2) is 19.4 Å². The number of aryl methyl sites for hydroxylation is 1. The molecule has 0 bridgehead atoms. The van der Waals surface area contributed by atoms with Crippen LogP contribution in [-0.2, 0) is 6.42 Å². The minimum absolute atomic E-state index is 0.0765. The van der Waals surface area contributed by atoms with Crippen molar-refractivity contribution in [2.45, 2.75) is 45.3 Å². The Kier molecular flexibility index (Phi) is 4.52. The summed E-state index contributed by atoms with van der Waals surface area (Å²) in [5.41, 5.74) is 8.84. The van der Waals surface area contributed by atoms with Gasteiger partial charge in [0.25, 0.3) is 0 Å². The minimum Gasteiger partial charge on any atom is -0.400 e. The number of aliphatic hydroxyl groups excluding tert-OH is 1. The summed E-state index contributed by atoms with van der Waals surface area (Å²) in [6.45, 7) is 10.8. The van der Waals surface area contributed by atoms with Gasteiger partial charge in [0.1, 0.15) is 0 Å². The molecule has 0 aliphatic rings. The monoisotopic (exact) mass is 285 g/mol. The number of benzene rings is 1. The summed E-state index contributed by atoms with van der Waals surface area (Å²) in [7, 11) is -1.69.